The van der Waals surface area contributed by atoms with Crippen LogP contribution in [-0.2, 0) is 29.2 Å². The maximum absolute atomic E-state index is 12.9. The molecule has 1 heterocycles. The second-order valence-corrected chi connectivity index (χ2v) is 7.14. The lowest BCUT2D eigenvalue weighted by Crippen LogP contribution is -2.24. The van der Waals surface area contributed by atoms with Gasteiger partial charge in [-0.1, -0.05) is 18.5 Å². The van der Waals surface area contributed by atoms with Crippen LogP contribution in [0, 0.1) is 0 Å². The number of halogens is 4. The van der Waals surface area contributed by atoms with Gasteiger partial charge in [0.1, 0.15) is 0 Å². The molecule has 2 aromatic rings. The number of rotatable bonds is 5. The summed E-state index contributed by atoms with van der Waals surface area (Å²) in [5.41, 5.74) is 0.374. The molecule has 0 unspecified atom stereocenters. The van der Waals surface area contributed by atoms with Crippen LogP contribution in [0.3, 0.4) is 0 Å². The summed E-state index contributed by atoms with van der Waals surface area (Å²) in [5, 5.41) is -0.552. The highest BCUT2D eigenvalue weighted by Gasteiger charge is 2.34. The van der Waals surface area contributed by atoms with Gasteiger partial charge in [-0.25, -0.2) is 13.1 Å². The number of pyridine rings is 1. The molecule has 0 spiro atoms. The molecule has 4 nitrogen and oxygen atoms in total. The van der Waals surface area contributed by atoms with Crippen molar-refractivity contribution in [1.29, 1.82) is 0 Å². The molecule has 2 rings (SSSR count). The summed E-state index contributed by atoms with van der Waals surface area (Å²) in [6.45, 7) is 1.85. The zero-order chi connectivity index (χ0) is 18.0. The first-order valence-electron chi connectivity index (χ1n) is 6.93. The van der Waals surface area contributed by atoms with Crippen LogP contribution in [0.4, 0.5) is 13.2 Å². The molecule has 0 fully saturated rings. The minimum atomic E-state index is -4.73. The first kappa shape index (κ1) is 18.7. The van der Waals surface area contributed by atoms with Crippen LogP contribution in [-0.4, -0.2) is 13.4 Å². The molecule has 130 valence electrons. The standard InChI is InChI=1S/C15H14ClF3N2O2S/c1-2-10-8-20-6-5-11(10)9-21-24(22,23)12-3-4-14(16)13(7-12)15(17,18)19/h3-8,21H,2,9H2,1H3. The highest BCUT2D eigenvalue weighted by molar-refractivity contribution is 7.89. The topological polar surface area (TPSA) is 59.1 Å². The van der Waals surface area contributed by atoms with Gasteiger partial charge in [0.05, 0.1) is 15.5 Å². The summed E-state index contributed by atoms with van der Waals surface area (Å²) >= 11 is 5.50. The third-order valence-corrected chi connectivity index (χ3v) is 5.12. The average molecular weight is 379 g/mol. The van der Waals surface area contributed by atoms with Gasteiger partial charge in [0.15, 0.2) is 0 Å². The van der Waals surface area contributed by atoms with E-state index in [4.69, 9.17) is 11.6 Å². The highest BCUT2D eigenvalue weighted by Crippen LogP contribution is 2.35. The van der Waals surface area contributed by atoms with Crippen LogP contribution in [0.25, 0.3) is 0 Å². The third-order valence-electron chi connectivity index (χ3n) is 3.39. The Labute approximate surface area is 142 Å². The maximum atomic E-state index is 12.9. The Morgan fingerprint density at radius 1 is 1.21 bits per heavy atom. The van der Waals surface area contributed by atoms with Crippen LogP contribution in [0.2, 0.25) is 5.02 Å². The van der Waals surface area contributed by atoms with Crippen molar-refractivity contribution >= 4 is 21.6 Å². The summed E-state index contributed by atoms with van der Waals surface area (Å²) in [5.74, 6) is 0. The van der Waals surface area contributed by atoms with Crippen LogP contribution in [0.15, 0.2) is 41.6 Å². The van der Waals surface area contributed by atoms with E-state index >= 15 is 0 Å². The van der Waals surface area contributed by atoms with Gasteiger partial charge in [-0.15, -0.1) is 0 Å². The summed E-state index contributed by atoms with van der Waals surface area (Å²) in [7, 11) is -4.11. The van der Waals surface area contributed by atoms with Crippen LogP contribution in [0.1, 0.15) is 23.6 Å². The Balaban J connectivity index is 2.28. The lowest BCUT2D eigenvalue weighted by molar-refractivity contribution is -0.137. The van der Waals surface area contributed by atoms with Gasteiger partial charge in [-0.3, -0.25) is 4.98 Å². The summed E-state index contributed by atoms with van der Waals surface area (Å²) in [4.78, 5) is 3.46. The van der Waals surface area contributed by atoms with Crippen LogP contribution in [0.5, 0.6) is 0 Å². The number of sulfonamides is 1. The number of nitrogens with one attached hydrogen (secondary N) is 1. The molecule has 0 saturated carbocycles. The van der Waals surface area contributed by atoms with Crippen molar-refractivity contribution in [3.8, 4) is 0 Å². The number of benzene rings is 1. The van der Waals surface area contributed by atoms with Crippen molar-refractivity contribution in [2.75, 3.05) is 0 Å². The van der Waals surface area contributed by atoms with Crippen molar-refractivity contribution in [2.45, 2.75) is 31.0 Å². The Hall–Kier alpha value is -1.64. The monoisotopic (exact) mass is 378 g/mol. The Morgan fingerprint density at radius 2 is 1.92 bits per heavy atom. The number of aromatic nitrogens is 1. The average Bonchev–Trinajstić information content (AvgIpc) is 2.52. The van der Waals surface area contributed by atoms with E-state index in [1.165, 1.54) is 6.20 Å². The molecular formula is C15H14ClF3N2O2S. The van der Waals surface area contributed by atoms with Crippen molar-refractivity contribution in [3.63, 3.8) is 0 Å². The maximum Gasteiger partial charge on any atom is 0.417 e. The minimum absolute atomic E-state index is 0.0436. The highest BCUT2D eigenvalue weighted by atomic mass is 35.5. The molecule has 0 aliphatic rings. The quantitative estimate of drug-likeness (QED) is 0.861. The van der Waals surface area contributed by atoms with E-state index in [-0.39, 0.29) is 6.54 Å². The smallest absolute Gasteiger partial charge is 0.264 e. The molecule has 9 heteroatoms. The molecule has 0 radical (unpaired) electrons. The molecule has 1 N–H and O–H groups in total. The summed E-state index contributed by atoms with van der Waals surface area (Å²) in [6.07, 6.45) is -0.937. The van der Waals surface area contributed by atoms with Gasteiger partial charge < -0.3 is 0 Å². The SMILES string of the molecule is CCc1cnccc1CNS(=O)(=O)c1ccc(Cl)c(C(F)(F)F)c1. The van der Waals surface area contributed by atoms with Gasteiger partial charge in [0.25, 0.3) is 0 Å². The Morgan fingerprint density at radius 3 is 2.54 bits per heavy atom. The molecule has 1 aromatic heterocycles. The number of alkyl halides is 3. The van der Waals surface area contributed by atoms with Gasteiger partial charge >= 0.3 is 6.18 Å². The van der Waals surface area contributed by atoms with Crippen molar-refractivity contribution in [1.82, 2.24) is 9.71 Å². The molecule has 0 bridgehead atoms. The molecule has 24 heavy (non-hydrogen) atoms. The first-order chi connectivity index (χ1) is 11.1. The van der Waals surface area contributed by atoms with E-state index in [1.54, 1.807) is 12.3 Å². The first-order valence-corrected chi connectivity index (χ1v) is 8.79. The predicted molar refractivity (Wildman–Crippen MR) is 84.1 cm³/mol. The predicted octanol–water partition coefficient (Wildman–Crippen LogP) is 3.79. The van der Waals surface area contributed by atoms with E-state index in [1.807, 2.05) is 6.92 Å². The van der Waals surface area contributed by atoms with Crippen LogP contribution < -0.4 is 4.72 Å². The normalized spacial score (nSPS) is 12.4. The fraction of sp³-hybridized carbons (Fsp3) is 0.267. The fourth-order valence-electron chi connectivity index (χ4n) is 2.09. The lowest BCUT2D eigenvalue weighted by Gasteiger charge is -2.13. The van der Waals surface area contributed by atoms with Crippen LogP contribution >= 0.6 is 11.6 Å². The second-order valence-electron chi connectivity index (χ2n) is 4.96. The Bertz CT molecular complexity index is 839. The van der Waals surface area contributed by atoms with E-state index in [2.05, 4.69) is 9.71 Å². The zero-order valence-corrected chi connectivity index (χ0v) is 14.1. The number of nitrogens with zero attached hydrogens (tertiary/aromatic N) is 1. The minimum Gasteiger partial charge on any atom is -0.264 e. The van der Waals surface area contributed by atoms with E-state index in [0.717, 1.165) is 17.7 Å². The molecule has 0 amide bonds. The number of hydrogen-bond donors (Lipinski definition) is 1. The van der Waals surface area contributed by atoms with Gasteiger partial charge in [-0.05, 0) is 41.8 Å². The molecule has 0 atom stereocenters. The lowest BCUT2D eigenvalue weighted by atomic mass is 10.1. The molecule has 0 aliphatic carbocycles. The van der Waals surface area contributed by atoms with Gasteiger partial charge in [-0.2, -0.15) is 13.2 Å². The largest absolute Gasteiger partial charge is 0.417 e. The molecule has 0 aliphatic heterocycles. The van der Waals surface area contributed by atoms with E-state index in [9.17, 15) is 21.6 Å². The number of hydrogen-bond acceptors (Lipinski definition) is 3. The van der Waals surface area contributed by atoms with Crippen molar-refractivity contribution < 1.29 is 21.6 Å². The third kappa shape index (κ3) is 4.25. The fourth-order valence-corrected chi connectivity index (χ4v) is 3.35. The van der Waals surface area contributed by atoms with Crippen molar-refractivity contribution in [3.05, 3.63) is 58.4 Å². The van der Waals surface area contributed by atoms with E-state index in [0.29, 0.717) is 18.1 Å². The number of aryl methyl sites for hydroxylation is 1. The summed E-state index contributed by atoms with van der Waals surface area (Å²) < 4.78 is 65.4. The second kappa shape index (κ2) is 7.08. The van der Waals surface area contributed by atoms with Gasteiger partial charge in [0.2, 0.25) is 10.0 Å². The van der Waals surface area contributed by atoms with Crippen molar-refractivity contribution in [2.24, 2.45) is 0 Å². The van der Waals surface area contributed by atoms with E-state index < -0.39 is 31.7 Å². The molecule has 1 aromatic carbocycles. The summed E-state index contributed by atoms with van der Waals surface area (Å²) in [6, 6.07) is 4.14. The molecule has 0 saturated heterocycles. The zero-order valence-electron chi connectivity index (χ0n) is 12.6. The van der Waals surface area contributed by atoms with Gasteiger partial charge in [0, 0.05) is 18.9 Å². The molecular weight excluding hydrogens is 365 g/mol. The Kier molecular flexibility index (Phi) is 5.52.